The van der Waals surface area contributed by atoms with E-state index in [1.54, 1.807) is 0 Å². The first-order chi connectivity index (χ1) is 11.9. The number of para-hydroxylation sites is 2. The average Bonchev–Trinajstić information content (AvgIpc) is 2.61. The molecular weight excluding hydrogens is 304 g/mol. The molecule has 2 aromatic carbocycles. The van der Waals surface area contributed by atoms with Crippen molar-refractivity contribution in [1.29, 1.82) is 0 Å². The zero-order valence-electron chi connectivity index (χ0n) is 15.2. The Balaban J connectivity index is 1.97. The van der Waals surface area contributed by atoms with Crippen LogP contribution in [-0.4, -0.2) is 4.98 Å². The van der Waals surface area contributed by atoms with Crippen LogP contribution in [0.1, 0.15) is 50.1 Å². The number of fused-ring (bicyclic) bond motifs is 4. The summed E-state index contributed by atoms with van der Waals surface area (Å²) in [7, 11) is 0. The molecule has 3 heterocycles. The number of hydrogen-bond acceptors (Lipinski definition) is 2. The number of nitrogens with zero attached hydrogens (tertiary/aromatic N) is 2. The predicted octanol–water partition coefficient (Wildman–Crippen LogP) is 5.83. The van der Waals surface area contributed by atoms with Gasteiger partial charge in [0.2, 0.25) is 0 Å². The first kappa shape index (κ1) is 14.7. The average molecular weight is 326 g/mol. The fraction of sp³-hybridized carbons (Fsp3) is 0.261. The minimum Gasteiger partial charge on any atom is -0.308 e. The van der Waals surface area contributed by atoms with Crippen molar-refractivity contribution in [2.75, 3.05) is 4.90 Å². The van der Waals surface area contributed by atoms with Crippen molar-refractivity contribution >= 4 is 17.1 Å². The number of aromatic nitrogens is 1. The van der Waals surface area contributed by atoms with Crippen molar-refractivity contribution in [3.05, 3.63) is 83.2 Å². The third-order valence-corrected chi connectivity index (χ3v) is 6.05. The monoisotopic (exact) mass is 326 g/mol. The molecule has 2 aliphatic heterocycles. The van der Waals surface area contributed by atoms with Crippen LogP contribution in [0.15, 0.2) is 60.8 Å². The number of benzene rings is 2. The first-order valence-corrected chi connectivity index (χ1v) is 8.93. The third-order valence-electron chi connectivity index (χ3n) is 6.05. The van der Waals surface area contributed by atoms with E-state index in [9.17, 15) is 0 Å². The molecule has 2 aliphatic rings. The lowest BCUT2D eigenvalue weighted by Crippen LogP contribution is -2.38. The molecule has 0 fully saturated rings. The van der Waals surface area contributed by atoms with Gasteiger partial charge in [-0.3, -0.25) is 4.98 Å². The van der Waals surface area contributed by atoms with Gasteiger partial charge in [-0.1, -0.05) is 50.2 Å². The maximum atomic E-state index is 4.86. The van der Waals surface area contributed by atoms with Crippen LogP contribution >= 0.6 is 0 Å². The molecule has 0 bridgehead atoms. The Labute approximate surface area is 149 Å². The molecule has 124 valence electrons. The summed E-state index contributed by atoms with van der Waals surface area (Å²) in [6.45, 7) is 9.23. The Morgan fingerprint density at radius 1 is 0.680 bits per heavy atom. The molecule has 25 heavy (non-hydrogen) atoms. The Kier molecular flexibility index (Phi) is 2.66. The molecule has 0 spiro atoms. The maximum Gasteiger partial charge on any atom is 0.0747 e. The normalized spacial score (nSPS) is 18.2. The highest BCUT2D eigenvalue weighted by Crippen LogP contribution is 2.58. The second kappa shape index (κ2) is 4.51. The predicted molar refractivity (Wildman–Crippen MR) is 103 cm³/mol. The molecule has 0 aliphatic carbocycles. The molecule has 2 nitrogen and oxygen atoms in total. The van der Waals surface area contributed by atoms with Crippen LogP contribution in [0.5, 0.6) is 0 Å². The van der Waals surface area contributed by atoms with Crippen LogP contribution in [0, 0.1) is 0 Å². The van der Waals surface area contributed by atoms with Crippen LogP contribution in [0.25, 0.3) is 0 Å². The summed E-state index contributed by atoms with van der Waals surface area (Å²) < 4.78 is 0. The van der Waals surface area contributed by atoms with Gasteiger partial charge in [0.1, 0.15) is 0 Å². The minimum absolute atomic E-state index is 0.0392. The summed E-state index contributed by atoms with van der Waals surface area (Å²) >= 11 is 0. The molecular formula is C23H22N2. The topological polar surface area (TPSA) is 16.1 Å². The van der Waals surface area contributed by atoms with Crippen molar-refractivity contribution < 1.29 is 0 Å². The third kappa shape index (κ3) is 1.67. The molecule has 0 saturated heterocycles. The van der Waals surface area contributed by atoms with Gasteiger partial charge in [0, 0.05) is 17.0 Å². The number of hydrogen-bond donors (Lipinski definition) is 0. The lowest BCUT2D eigenvalue weighted by atomic mass is 9.68. The molecule has 0 saturated carbocycles. The van der Waals surface area contributed by atoms with Gasteiger partial charge < -0.3 is 4.90 Å². The van der Waals surface area contributed by atoms with Gasteiger partial charge >= 0.3 is 0 Å². The van der Waals surface area contributed by atoms with Crippen molar-refractivity contribution in [3.63, 3.8) is 0 Å². The molecule has 0 unspecified atom stereocenters. The highest BCUT2D eigenvalue weighted by atomic mass is 15.2. The second-order valence-electron chi connectivity index (χ2n) is 8.18. The Morgan fingerprint density at radius 3 is 1.88 bits per heavy atom. The largest absolute Gasteiger partial charge is 0.308 e. The lowest BCUT2D eigenvalue weighted by molar-refractivity contribution is 0.580. The van der Waals surface area contributed by atoms with Gasteiger partial charge in [0.15, 0.2) is 0 Å². The first-order valence-electron chi connectivity index (χ1n) is 8.93. The van der Waals surface area contributed by atoms with Gasteiger partial charge in [-0.2, -0.15) is 0 Å². The molecule has 0 atom stereocenters. The quantitative estimate of drug-likeness (QED) is 0.516. The highest BCUT2D eigenvalue weighted by Gasteiger charge is 2.45. The van der Waals surface area contributed by atoms with E-state index >= 15 is 0 Å². The Morgan fingerprint density at radius 2 is 1.24 bits per heavy atom. The van der Waals surface area contributed by atoms with E-state index in [-0.39, 0.29) is 10.8 Å². The van der Waals surface area contributed by atoms with E-state index < -0.39 is 0 Å². The summed E-state index contributed by atoms with van der Waals surface area (Å²) in [5, 5.41) is 0. The minimum atomic E-state index is -0.110. The second-order valence-corrected chi connectivity index (χ2v) is 8.18. The summed E-state index contributed by atoms with van der Waals surface area (Å²) in [4.78, 5) is 7.29. The zero-order valence-corrected chi connectivity index (χ0v) is 15.2. The fourth-order valence-corrected chi connectivity index (χ4v) is 4.68. The highest BCUT2D eigenvalue weighted by molar-refractivity contribution is 5.91. The molecule has 0 N–H and O–H groups in total. The number of rotatable bonds is 0. The van der Waals surface area contributed by atoms with Crippen LogP contribution < -0.4 is 4.90 Å². The lowest BCUT2D eigenvalue weighted by Gasteiger charge is -2.48. The van der Waals surface area contributed by atoms with Gasteiger partial charge in [0.05, 0.1) is 22.8 Å². The molecule has 0 amide bonds. The van der Waals surface area contributed by atoms with E-state index in [4.69, 9.17) is 4.98 Å². The van der Waals surface area contributed by atoms with Gasteiger partial charge in [-0.05, 0) is 48.7 Å². The molecule has 5 rings (SSSR count). The van der Waals surface area contributed by atoms with Gasteiger partial charge in [-0.25, -0.2) is 0 Å². The Hall–Kier alpha value is -2.61. The van der Waals surface area contributed by atoms with E-state index in [2.05, 4.69) is 87.2 Å². The van der Waals surface area contributed by atoms with Crippen LogP contribution in [0.4, 0.5) is 17.1 Å². The SMILES string of the molecule is CC1(C)c2ccccc2N2c3ccccc3C(C)(C)c3nccc1c32. The van der Waals surface area contributed by atoms with Crippen LogP contribution in [-0.2, 0) is 10.8 Å². The fourth-order valence-electron chi connectivity index (χ4n) is 4.68. The van der Waals surface area contributed by atoms with Crippen molar-refractivity contribution in [2.24, 2.45) is 0 Å². The van der Waals surface area contributed by atoms with Crippen LogP contribution in [0.2, 0.25) is 0 Å². The van der Waals surface area contributed by atoms with Crippen molar-refractivity contribution in [1.82, 2.24) is 4.98 Å². The standard InChI is InChI=1S/C23H22N2/c1-22(2)15-9-5-7-11-18(15)25-19-12-8-6-10-16(19)23(3,4)21-20(25)17(22)13-14-24-21/h5-14H,1-4H3. The summed E-state index contributed by atoms with van der Waals surface area (Å²) in [5.74, 6) is 0. The Bertz CT molecular complexity index is 936. The zero-order chi connectivity index (χ0) is 17.4. The summed E-state index contributed by atoms with van der Waals surface area (Å²) in [5.41, 5.74) is 8.91. The molecule has 1 aromatic heterocycles. The molecule has 3 aromatic rings. The maximum absolute atomic E-state index is 4.86. The number of pyridine rings is 1. The van der Waals surface area contributed by atoms with E-state index in [1.807, 2.05) is 6.20 Å². The van der Waals surface area contributed by atoms with Gasteiger partial charge in [0.25, 0.3) is 0 Å². The summed E-state index contributed by atoms with van der Waals surface area (Å²) in [6.07, 6.45) is 1.98. The van der Waals surface area contributed by atoms with Crippen molar-refractivity contribution in [2.45, 2.75) is 38.5 Å². The van der Waals surface area contributed by atoms with Gasteiger partial charge in [-0.15, -0.1) is 0 Å². The van der Waals surface area contributed by atoms with Crippen molar-refractivity contribution in [3.8, 4) is 0 Å². The smallest absolute Gasteiger partial charge is 0.0747 e. The van der Waals surface area contributed by atoms with E-state index in [1.165, 1.54) is 39.4 Å². The van der Waals surface area contributed by atoms with E-state index in [0.717, 1.165) is 0 Å². The van der Waals surface area contributed by atoms with Crippen LogP contribution in [0.3, 0.4) is 0 Å². The number of anilines is 3. The molecule has 2 heteroatoms. The van der Waals surface area contributed by atoms with E-state index in [0.29, 0.717) is 0 Å². The summed E-state index contributed by atoms with van der Waals surface area (Å²) in [6, 6.07) is 19.7. The molecule has 0 radical (unpaired) electrons.